The van der Waals surface area contributed by atoms with Gasteiger partial charge >= 0.3 is 0 Å². The third-order valence-electron chi connectivity index (χ3n) is 7.25. The Morgan fingerprint density at radius 1 is 1.05 bits per heavy atom. The highest BCUT2D eigenvalue weighted by atomic mass is 19.3. The Labute approximate surface area is 218 Å². The molecule has 0 spiro atoms. The van der Waals surface area contributed by atoms with Gasteiger partial charge < -0.3 is 29.7 Å². The molecule has 1 aromatic carbocycles. The van der Waals surface area contributed by atoms with Gasteiger partial charge in [0.2, 0.25) is 5.95 Å². The average Bonchev–Trinajstić information content (AvgIpc) is 3.40. The van der Waals surface area contributed by atoms with Gasteiger partial charge in [-0.2, -0.15) is 4.98 Å². The molecule has 0 bridgehead atoms. The Morgan fingerprint density at radius 2 is 1.81 bits per heavy atom. The molecule has 0 radical (unpaired) electrons. The van der Waals surface area contributed by atoms with E-state index in [0.717, 1.165) is 50.7 Å². The van der Waals surface area contributed by atoms with Gasteiger partial charge in [0, 0.05) is 56.6 Å². The summed E-state index contributed by atoms with van der Waals surface area (Å²) in [5.41, 5.74) is 0.683. The molecule has 0 amide bonds. The lowest BCUT2D eigenvalue weighted by Crippen LogP contribution is -2.40. The third kappa shape index (κ3) is 7.54. The minimum absolute atomic E-state index is 0.107. The number of nitrogens with one attached hydrogen (secondary N) is 1. The van der Waals surface area contributed by atoms with Crippen molar-refractivity contribution in [1.82, 2.24) is 14.9 Å². The Balaban J connectivity index is 1.57. The van der Waals surface area contributed by atoms with Gasteiger partial charge in [-0.3, -0.25) is 0 Å². The first-order valence-electron chi connectivity index (χ1n) is 13.6. The molecule has 2 fully saturated rings. The SMILES string of the molecule is COc1cc2c(N[C@H](C)CCCCO)nc(N3CCC(F)(F)CC3)nc2cc1OCCCN1CCCC1. The Kier molecular flexibility index (Phi) is 9.59. The van der Waals surface area contributed by atoms with Crippen LogP contribution >= 0.6 is 0 Å². The van der Waals surface area contributed by atoms with Gasteiger partial charge in [-0.1, -0.05) is 0 Å². The lowest BCUT2D eigenvalue weighted by atomic mass is 10.1. The molecule has 2 aliphatic rings. The fourth-order valence-corrected chi connectivity index (χ4v) is 5.03. The molecule has 8 nitrogen and oxygen atoms in total. The summed E-state index contributed by atoms with van der Waals surface area (Å²) in [6, 6.07) is 3.87. The Morgan fingerprint density at radius 3 is 2.51 bits per heavy atom. The van der Waals surface area contributed by atoms with Gasteiger partial charge in [0.25, 0.3) is 5.92 Å². The molecule has 0 unspecified atom stereocenters. The van der Waals surface area contributed by atoms with E-state index in [1.807, 2.05) is 17.0 Å². The average molecular weight is 522 g/mol. The predicted octanol–water partition coefficient (Wildman–Crippen LogP) is 4.70. The summed E-state index contributed by atoms with van der Waals surface area (Å²) in [7, 11) is 1.62. The number of fused-ring (bicyclic) bond motifs is 1. The summed E-state index contributed by atoms with van der Waals surface area (Å²) >= 11 is 0. The summed E-state index contributed by atoms with van der Waals surface area (Å²) in [6.07, 6.45) is 5.56. The van der Waals surface area contributed by atoms with Gasteiger partial charge in [0.15, 0.2) is 11.5 Å². The predicted molar refractivity (Wildman–Crippen MR) is 142 cm³/mol. The minimum atomic E-state index is -2.64. The molecule has 0 aliphatic carbocycles. The van der Waals surface area contributed by atoms with Crippen molar-refractivity contribution < 1.29 is 23.4 Å². The van der Waals surface area contributed by atoms with E-state index in [0.29, 0.717) is 35.4 Å². The number of ether oxygens (including phenoxy) is 2. The lowest BCUT2D eigenvalue weighted by molar-refractivity contribution is -0.0222. The van der Waals surface area contributed by atoms with Crippen LogP contribution in [0.3, 0.4) is 0 Å². The van der Waals surface area contributed by atoms with Gasteiger partial charge in [0.05, 0.1) is 19.2 Å². The van der Waals surface area contributed by atoms with Crippen molar-refractivity contribution in [2.45, 2.75) is 70.3 Å². The molecule has 0 saturated carbocycles. The van der Waals surface area contributed by atoms with E-state index in [1.165, 1.54) is 12.8 Å². The minimum Gasteiger partial charge on any atom is -0.493 e. The van der Waals surface area contributed by atoms with Crippen molar-refractivity contribution in [2.24, 2.45) is 0 Å². The van der Waals surface area contributed by atoms with Crippen LogP contribution in [-0.4, -0.2) is 85.0 Å². The number of benzene rings is 1. The highest BCUT2D eigenvalue weighted by Gasteiger charge is 2.35. The maximum Gasteiger partial charge on any atom is 0.251 e. The third-order valence-corrected chi connectivity index (χ3v) is 7.25. The van der Waals surface area contributed by atoms with Crippen molar-refractivity contribution >= 4 is 22.7 Å². The standard InChI is InChI=1S/C27H41F2N5O3/c1-20(8-3-6-16-35)30-25-21-18-23(36-2)24(37-17-7-13-33-11-4-5-12-33)19-22(21)31-26(32-25)34-14-9-27(28,29)10-15-34/h18-20,35H,3-17H2,1-2H3,(H,30,31,32)/t20-/m1/s1. The van der Waals surface area contributed by atoms with E-state index < -0.39 is 5.92 Å². The zero-order valence-corrected chi connectivity index (χ0v) is 22.1. The smallest absolute Gasteiger partial charge is 0.251 e. The fraction of sp³-hybridized carbons (Fsp3) is 0.704. The van der Waals surface area contributed by atoms with Crippen molar-refractivity contribution in [3.05, 3.63) is 12.1 Å². The zero-order chi connectivity index (χ0) is 26.3. The van der Waals surface area contributed by atoms with Gasteiger partial charge in [-0.25, -0.2) is 13.8 Å². The Hall–Kier alpha value is -2.46. The lowest BCUT2D eigenvalue weighted by Gasteiger charge is -2.32. The number of methoxy groups -OCH3 is 1. The summed E-state index contributed by atoms with van der Waals surface area (Å²) in [4.78, 5) is 13.8. The van der Waals surface area contributed by atoms with Gasteiger partial charge in [-0.05, 0) is 64.6 Å². The van der Waals surface area contributed by atoms with Crippen molar-refractivity contribution in [3.63, 3.8) is 0 Å². The molecule has 10 heteroatoms. The first kappa shape index (κ1) is 27.6. The van der Waals surface area contributed by atoms with E-state index in [2.05, 4.69) is 17.1 Å². The van der Waals surface area contributed by atoms with E-state index in [4.69, 9.17) is 24.5 Å². The Bertz CT molecular complexity index is 1010. The van der Waals surface area contributed by atoms with Crippen LogP contribution in [0.15, 0.2) is 12.1 Å². The summed E-state index contributed by atoms with van der Waals surface area (Å²) in [5.74, 6) is -0.322. The number of anilines is 2. The van der Waals surface area contributed by atoms with Crippen LogP contribution in [0.1, 0.15) is 58.3 Å². The zero-order valence-electron chi connectivity index (χ0n) is 22.1. The van der Waals surface area contributed by atoms with Crippen LogP contribution < -0.4 is 19.7 Å². The molecule has 37 heavy (non-hydrogen) atoms. The molecule has 2 saturated heterocycles. The molecule has 4 rings (SSSR count). The summed E-state index contributed by atoms with van der Waals surface area (Å²) in [5, 5.41) is 13.4. The normalized spacial score (nSPS) is 18.8. The molecular formula is C27H41F2N5O3. The van der Waals surface area contributed by atoms with Gasteiger partial charge in [-0.15, -0.1) is 0 Å². The number of likely N-dealkylation sites (tertiary alicyclic amines) is 1. The largest absolute Gasteiger partial charge is 0.493 e. The second kappa shape index (κ2) is 12.9. The fourth-order valence-electron chi connectivity index (χ4n) is 5.03. The number of aliphatic hydroxyl groups is 1. The topological polar surface area (TPSA) is 83.0 Å². The van der Waals surface area contributed by atoms with Crippen LogP contribution in [0.25, 0.3) is 10.9 Å². The van der Waals surface area contributed by atoms with Crippen LogP contribution in [-0.2, 0) is 0 Å². The molecule has 1 aromatic heterocycles. The van der Waals surface area contributed by atoms with Crippen molar-refractivity contribution in [1.29, 1.82) is 0 Å². The van der Waals surface area contributed by atoms with Crippen molar-refractivity contribution in [3.8, 4) is 11.5 Å². The van der Waals surface area contributed by atoms with Crippen LogP contribution in [0.4, 0.5) is 20.5 Å². The van der Waals surface area contributed by atoms with E-state index in [9.17, 15) is 8.78 Å². The maximum atomic E-state index is 13.8. The number of nitrogens with zero attached hydrogens (tertiary/aromatic N) is 4. The number of halogens is 2. The highest BCUT2D eigenvalue weighted by Crippen LogP contribution is 2.37. The number of hydrogen-bond donors (Lipinski definition) is 2. The van der Waals surface area contributed by atoms with Crippen LogP contribution in [0.2, 0.25) is 0 Å². The molecule has 2 N–H and O–H groups in total. The number of aliphatic hydroxyl groups excluding tert-OH is 1. The quantitative estimate of drug-likeness (QED) is 0.367. The number of alkyl halides is 2. The number of rotatable bonds is 13. The van der Waals surface area contributed by atoms with Crippen molar-refractivity contribution in [2.75, 3.05) is 63.3 Å². The highest BCUT2D eigenvalue weighted by molar-refractivity contribution is 5.93. The first-order chi connectivity index (χ1) is 17.9. The second-order valence-electron chi connectivity index (χ2n) is 10.3. The first-order valence-corrected chi connectivity index (χ1v) is 13.6. The summed E-state index contributed by atoms with van der Waals surface area (Å²) in [6.45, 7) is 6.58. The van der Waals surface area contributed by atoms with E-state index >= 15 is 0 Å². The number of hydrogen-bond acceptors (Lipinski definition) is 8. The maximum absolute atomic E-state index is 13.8. The van der Waals surface area contributed by atoms with Crippen LogP contribution in [0.5, 0.6) is 11.5 Å². The van der Waals surface area contributed by atoms with E-state index in [1.54, 1.807) is 7.11 Å². The van der Waals surface area contributed by atoms with Crippen LogP contribution in [0, 0.1) is 0 Å². The molecule has 2 aliphatic heterocycles. The molecular weight excluding hydrogens is 480 g/mol. The summed E-state index contributed by atoms with van der Waals surface area (Å²) < 4.78 is 39.4. The monoisotopic (exact) mass is 521 g/mol. The second-order valence-corrected chi connectivity index (χ2v) is 10.3. The molecule has 3 heterocycles. The molecule has 1 atom stereocenters. The molecule has 206 valence electrons. The number of piperidine rings is 1. The van der Waals surface area contributed by atoms with Gasteiger partial charge in [0.1, 0.15) is 5.82 Å². The number of aromatic nitrogens is 2. The molecule has 2 aromatic rings. The number of unbranched alkanes of at least 4 members (excludes halogenated alkanes) is 1. The van der Waals surface area contributed by atoms with E-state index in [-0.39, 0.29) is 38.6 Å².